The quantitative estimate of drug-likeness (QED) is 0.641. The maximum atomic E-state index is 13.2. The van der Waals surface area contributed by atoms with Crippen molar-refractivity contribution in [1.82, 2.24) is 20.4 Å². The van der Waals surface area contributed by atoms with Crippen LogP contribution in [0.15, 0.2) is 28.7 Å². The van der Waals surface area contributed by atoms with E-state index in [9.17, 15) is 19.2 Å². The van der Waals surface area contributed by atoms with E-state index in [1.165, 1.54) is 7.11 Å². The smallest absolute Gasteiger partial charge is 0.317 e. The molecule has 10 nitrogen and oxygen atoms in total. The molecule has 4 heterocycles. The molecule has 5 rings (SSSR count). The van der Waals surface area contributed by atoms with E-state index in [1.807, 2.05) is 13.0 Å². The molecule has 5 amide bonds. The lowest BCUT2D eigenvalue weighted by Gasteiger charge is -2.28. The lowest BCUT2D eigenvalue weighted by Crippen LogP contribution is -2.46. The number of benzene rings is 1. The number of rotatable bonds is 5. The number of furan rings is 1. The van der Waals surface area contributed by atoms with E-state index in [0.717, 1.165) is 11.1 Å². The number of imide groups is 1. The summed E-state index contributed by atoms with van der Waals surface area (Å²) in [6, 6.07) is 6.91. The van der Waals surface area contributed by atoms with Crippen molar-refractivity contribution in [2.45, 2.75) is 38.3 Å². The first kappa shape index (κ1) is 22.0. The van der Waals surface area contributed by atoms with E-state index in [-0.39, 0.29) is 24.9 Å². The number of urea groups is 1. The molecular weight excluding hydrogens is 440 g/mol. The molecule has 0 bridgehead atoms. The van der Waals surface area contributed by atoms with Crippen LogP contribution in [0.1, 0.15) is 46.3 Å². The summed E-state index contributed by atoms with van der Waals surface area (Å²) in [5.74, 6) is 0.509. The van der Waals surface area contributed by atoms with Gasteiger partial charge >= 0.3 is 6.03 Å². The summed E-state index contributed by atoms with van der Waals surface area (Å²) < 4.78 is 11.4. The Labute approximate surface area is 196 Å². The fourth-order valence-corrected chi connectivity index (χ4v) is 4.98. The molecule has 1 saturated heterocycles. The van der Waals surface area contributed by atoms with Crippen molar-refractivity contribution in [3.63, 3.8) is 0 Å². The highest BCUT2D eigenvalue weighted by Gasteiger charge is 2.53. The maximum Gasteiger partial charge on any atom is 0.317 e. The van der Waals surface area contributed by atoms with Crippen molar-refractivity contribution in [2.24, 2.45) is 0 Å². The standard InChI is InChI=1S/C24H26N4O6/c1-3-25-23(32)27-7-6-18-15(12-27)8-19(34-18)24(10-20(29)26-22(24)31)13-28-11-14-4-5-16(33-2)9-17(14)21(28)30/h4-5,8-9H,3,6-7,10-13H2,1-2H3,(H,25,32)(H,26,29,31)/t24-/m1/s1. The number of fused-ring (bicyclic) bond motifs is 2. The molecule has 1 fully saturated rings. The zero-order chi connectivity index (χ0) is 24.0. The third-order valence-corrected chi connectivity index (χ3v) is 6.76. The van der Waals surface area contributed by atoms with E-state index >= 15 is 0 Å². The minimum absolute atomic E-state index is 0.00678. The van der Waals surface area contributed by atoms with Crippen LogP contribution < -0.4 is 15.4 Å². The highest BCUT2D eigenvalue weighted by Crippen LogP contribution is 2.39. The molecule has 1 aromatic heterocycles. The molecule has 34 heavy (non-hydrogen) atoms. The van der Waals surface area contributed by atoms with Gasteiger partial charge in [0, 0.05) is 43.7 Å². The fourth-order valence-electron chi connectivity index (χ4n) is 4.98. The number of amides is 5. The first-order valence-corrected chi connectivity index (χ1v) is 11.3. The molecule has 0 aliphatic carbocycles. The van der Waals surface area contributed by atoms with Gasteiger partial charge in [-0.2, -0.15) is 0 Å². The second-order valence-electron chi connectivity index (χ2n) is 8.89. The highest BCUT2D eigenvalue weighted by atomic mass is 16.5. The summed E-state index contributed by atoms with van der Waals surface area (Å²) in [6.07, 6.45) is 0.397. The molecule has 3 aliphatic rings. The van der Waals surface area contributed by atoms with Crippen LogP contribution in [0, 0.1) is 0 Å². The zero-order valence-corrected chi connectivity index (χ0v) is 19.1. The normalized spacial score (nSPS) is 21.4. The predicted octanol–water partition coefficient (Wildman–Crippen LogP) is 1.32. The van der Waals surface area contributed by atoms with Gasteiger partial charge in [0.05, 0.1) is 20.1 Å². The van der Waals surface area contributed by atoms with E-state index < -0.39 is 17.2 Å². The summed E-state index contributed by atoms with van der Waals surface area (Å²) in [6.45, 7) is 3.56. The third-order valence-electron chi connectivity index (χ3n) is 6.76. The number of nitrogens with zero attached hydrogens (tertiary/aromatic N) is 2. The molecular formula is C24H26N4O6. The Balaban J connectivity index is 1.45. The minimum Gasteiger partial charge on any atom is -0.497 e. The van der Waals surface area contributed by atoms with E-state index in [4.69, 9.17) is 9.15 Å². The number of methoxy groups -OCH3 is 1. The molecule has 1 atom stereocenters. The van der Waals surface area contributed by atoms with Crippen LogP contribution in [0.3, 0.4) is 0 Å². The van der Waals surface area contributed by atoms with Crippen LogP contribution in [-0.2, 0) is 34.5 Å². The molecule has 178 valence electrons. The Hall–Kier alpha value is -3.82. The molecule has 3 aliphatic heterocycles. The Morgan fingerprint density at radius 1 is 1.21 bits per heavy atom. The summed E-state index contributed by atoms with van der Waals surface area (Å²) in [4.78, 5) is 54.1. The van der Waals surface area contributed by atoms with Gasteiger partial charge in [-0.25, -0.2) is 4.79 Å². The first-order chi connectivity index (χ1) is 16.3. The number of hydrogen-bond acceptors (Lipinski definition) is 6. The SMILES string of the molecule is CCNC(=O)N1CCc2oc([C@]3(CN4Cc5ccc(OC)cc5C4=O)CC(=O)NC3=O)cc2C1. The third kappa shape index (κ3) is 3.49. The van der Waals surface area contributed by atoms with Crippen molar-refractivity contribution >= 4 is 23.8 Å². The van der Waals surface area contributed by atoms with Crippen LogP contribution in [-0.4, -0.2) is 60.3 Å². The monoisotopic (exact) mass is 466 g/mol. The van der Waals surface area contributed by atoms with E-state index in [1.54, 1.807) is 28.0 Å². The average Bonchev–Trinajstić information content (AvgIpc) is 3.47. The predicted molar refractivity (Wildman–Crippen MR) is 119 cm³/mol. The molecule has 0 saturated carbocycles. The van der Waals surface area contributed by atoms with Crippen molar-refractivity contribution < 1.29 is 28.3 Å². The van der Waals surface area contributed by atoms with E-state index in [0.29, 0.717) is 55.4 Å². The number of hydrogen-bond donors (Lipinski definition) is 2. The van der Waals surface area contributed by atoms with Gasteiger partial charge in [-0.15, -0.1) is 0 Å². The van der Waals surface area contributed by atoms with Gasteiger partial charge in [-0.3, -0.25) is 19.7 Å². The van der Waals surface area contributed by atoms with Crippen molar-refractivity contribution in [3.05, 3.63) is 52.5 Å². The lowest BCUT2D eigenvalue weighted by atomic mass is 9.82. The van der Waals surface area contributed by atoms with Gasteiger partial charge < -0.3 is 24.3 Å². The van der Waals surface area contributed by atoms with Crippen molar-refractivity contribution in [2.75, 3.05) is 26.7 Å². The Bertz CT molecular complexity index is 1200. The maximum absolute atomic E-state index is 13.2. The summed E-state index contributed by atoms with van der Waals surface area (Å²) in [5.41, 5.74) is 0.838. The lowest BCUT2D eigenvalue weighted by molar-refractivity contribution is -0.127. The Kier molecular flexibility index (Phi) is 5.30. The van der Waals surface area contributed by atoms with Gasteiger partial charge in [-0.05, 0) is 30.7 Å². The van der Waals surface area contributed by atoms with Gasteiger partial charge in [0.1, 0.15) is 22.7 Å². The van der Waals surface area contributed by atoms with Crippen LogP contribution in [0.4, 0.5) is 4.79 Å². The largest absolute Gasteiger partial charge is 0.497 e. The summed E-state index contributed by atoms with van der Waals surface area (Å²) in [7, 11) is 1.54. The highest BCUT2D eigenvalue weighted by molar-refractivity contribution is 6.09. The number of ether oxygens (including phenoxy) is 1. The van der Waals surface area contributed by atoms with E-state index in [2.05, 4.69) is 10.6 Å². The molecule has 2 aromatic rings. The average molecular weight is 466 g/mol. The van der Waals surface area contributed by atoms with Gasteiger partial charge in [0.2, 0.25) is 11.8 Å². The van der Waals surface area contributed by atoms with Gasteiger partial charge in [-0.1, -0.05) is 6.07 Å². The molecule has 0 radical (unpaired) electrons. The van der Waals surface area contributed by atoms with Crippen LogP contribution in [0.2, 0.25) is 0 Å². The Morgan fingerprint density at radius 2 is 2.03 bits per heavy atom. The molecule has 1 aromatic carbocycles. The minimum atomic E-state index is -1.33. The number of carbonyl (C=O) groups is 4. The first-order valence-electron chi connectivity index (χ1n) is 11.3. The van der Waals surface area contributed by atoms with Crippen LogP contribution in [0.25, 0.3) is 0 Å². The van der Waals surface area contributed by atoms with Crippen molar-refractivity contribution in [3.8, 4) is 5.75 Å². The summed E-state index contributed by atoms with van der Waals surface area (Å²) in [5, 5.41) is 5.18. The van der Waals surface area contributed by atoms with Gasteiger partial charge in [0.25, 0.3) is 5.91 Å². The molecule has 0 spiro atoms. The van der Waals surface area contributed by atoms with Gasteiger partial charge in [0.15, 0.2) is 0 Å². The van der Waals surface area contributed by atoms with Crippen LogP contribution >= 0.6 is 0 Å². The second-order valence-corrected chi connectivity index (χ2v) is 8.89. The van der Waals surface area contributed by atoms with Crippen molar-refractivity contribution in [1.29, 1.82) is 0 Å². The molecule has 2 N–H and O–H groups in total. The topological polar surface area (TPSA) is 121 Å². The second kappa shape index (κ2) is 8.19. The number of nitrogens with one attached hydrogen (secondary N) is 2. The number of carbonyl (C=O) groups excluding carboxylic acids is 4. The summed E-state index contributed by atoms with van der Waals surface area (Å²) >= 11 is 0. The molecule has 0 unspecified atom stereocenters. The molecule has 10 heteroatoms. The zero-order valence-electron chi connectivity index (χ0n) is 19.1. The van der Waals surface area contributed by atoms with Crippen LogP contribution in [0.5, 0.6) is 5.75 Å². The Morgan fingerprint density at radius 3 is 2.74 bits per heavy atom. The fraction of sp³-hybridized carbons (Fsp3) is 0.417.